The van der Waals surface area contributed by atoms with Gasteiger partial charge >= 0.3 is 0 Å². The summed E-state index contributed by atoms with van der Waals surface area (Å²) >= 11 is 1.43. The van der Waals surface area contributed by atoms with Crippen molar-refractivity contribution in [2.24, 2.45) is 15.2 Å². The predicted octanol–water partition coefficient (Wildman–Crippen LogP) is 5.67. The second kappa shape index (κ2) is 7.20. The maximum Gasteiger partial charge on any atom is 0.179 e. The van der Waals surface area contributed by atoms with Gasteiger partial charge in [-0.3, -0.25) is 4.79 Å². The van der Waals surface area contributed by atoms with Gasteiger partial charge in [0.05, 0.1) is 12.8 Å². The fourth-order valence-electron chi connectivity index (χ4n) is 2.58. The summed E-state index contributed by atoms with van der Waals surface area (Å²) in [6.07, 6.45) is 3.45. The van der Waals surface area contributed by atoms with E-state index in [1.165, 1.54) is 11.9 Å². The molecule has 1 aliphatic rings. The minimum Gasteiger partial charge on any atom is -0.497 e. The summed E-state index contributed by atoms with van der Waals surface area (Å²) in [5.41, 5.74) is 2.59. The number of ether oxygens (including phenoxy) is 1. The van der Waals surface area contributed by atoms with Crippen LogP contribution in [0.4, 0.5) is 0 Å². The van der Waals surface area contributed by atoms with E-state index in [4.69, 9.17) is 9.13 Å². The molecule has 0 fully saturated rings. The summed E-state index contributed by atoms with van der Waals surface area (Å²) in [7, 11) is 1.65. The number of nitrogens with zero attached hydrogens (tertiary/aromatic N) is 1. The van der Waals surface area contributed by atoms with Crippen molar-refractivity contribution in [3.05, 3.63) is 47.6 Å². The molecule has 4 heteroatoms. The second-order valence-electron chi connectivity index (χ2n) is 8.23. The normalized spacial score (nSPS) is 15.6. The van der Waals surface area contributed by atoms with E-state index in [9.17, 15) is 4.79 Å². The highest BCUT2D eigenvalue weighted by molar-refractivity contribution is 7.98. The van der Waals surface area contributed by atoms with E-state index >= 15 is 0 Å². The first-order valence-electron chi connectivity index (χ1n) is 8.40. The minimum absolute atomic E-state index is 0.0447. The number of benzene rings is 1. The maximum atomic E-state index is 12.2. The second-order valence-corrected chi connectivity index (χ2v) is 9.06. The summed E-state index contributed by atoms with van der Waals surface area (Å²) in [5, 5.41) is 0. The average Bonchev–Trinajstić information content (AvgIpc) is 2.51. The molecule has 0 aromatic heterocycles. The number of hydrogen-bond acceptors (Lipinski definition) is 4. The first kappa shape index (κ1) is 19.5. The van der Waals surface area contributed by atoms with Gasteiger partial charge in [0, 0.05) is 16.8 Å². The Balaban J connectivity index is 2.44. The van der Waals surface area contributed by atoms with Gasteiger partial charge in [0.15, 0.2) is 5.78 Å². The van der Waals surface area contributed by atoms with Crippen molar-refractivity contribution in [1.29, 1.82) is 0 Å². The van der Waals surface area contributed by atoms with Crippen LogP contribution in [0.25, 0.3) is 0 Å². The van der Waals surface area contributed by atoms with Gasteiger partial charge in [-0.2, -0.15) is 0 Å². The average molecular weight is 358 g/mol. The van der Waals surface area contributed by atoms with Crippen molar-refractivity contribution in [2.75, 3.05) is 7.11 Å². The molecule has 1 aromatic rings. The summed E-state index contributed by atoms with van der Waals surface area (Å²) in [4.78, 5) is 13.3. The van der Waals surface area contributed by atoms with Crippen LogP contribution in [-0.2, 0) is 4.79 Å². The summed E-state index contributed by atoms with van der Waals surface area (Å²) in [6, 6.07) is 7.83. The number of carbonyl (C=O) groups excluding carboxylic acids is 1. The smallest absolute Gasteiger partial charge is 0.179 e. The van der Waals surface area contributed by atoms with Crippen LogP contribution in [0.3, 0.4) is 0 Å². The quantitative estimate of drug-likeness (QED) is 0.517. The molecule has 0 radical (unpaired) electrons. The molecular weight excluding hydrogens is 330 g/mol. The van der Waals surface area contributed by atoms with E-state index in [0.717, 1.165) is 27.5 Å². The zero-order valence-corrected chi connectivity index (χ0v) is 17.0. The lowest BCUT2D eigenvalue weighted by Crippen LogP contribution is -2.29. The van der Waals surface area contributed by atoms with Crippen LogP contribution in [0.1, 0.15) is 41.5 Å². The minimum atomic E-state index is -0.153. The zero-order chi connectivity index (χ0) is 18.8. The molecule has 0 saturated heterocycles. The number of ketones is 1. The van der Waals surface area contributed by atoms with Gasteiger partial charge in [0.25, 0.3) is 0 Å². The SMILES string of the molecule is COc1ccc(SN=C2C(C(C)(C)C)=CC(=O)C=C2C(C)(C)C)cc1. The van der Waals surface area contributed by atoms with Crippen LogP contribution in [0.2, 0.25) is 0 Å². The van der Waals surface area contributed by atoms with Crippen molar-refractivity contribution in [2.45, 2.75) is 46.4 Å². The van der Waals surface area contributed by atoms with E-state index in [2.05, 4.69) is 41.5 Å². The fraction of sp³-hybridized carbons (Fsp3) is 0.429. The van der Waals surface area contributed by atoms with Crippen molar-refractivity contribution < 1.29 is 9.53 Å². The molecule has 0 amide bonds. The van der Waals surface area contributed by atoms with Crippen molar-refractivity contribution >= 4 is 23.4 Å². The summed E-state index contributed by atoms with van der Waals surface area (Å²) < 4.78 is 10.0. The van der Waals surface area contributed by atoms with Gasteiger partial charge in [-0.05, 0) is 58.4 Å². The van der Waals surface area contributed by atoms with Gasteiger partial charge < -0.3 is 4.74 Å². The highest BCUT2D eigenvalue weighted by atomic mass is 32.2. The molecule has 0 heterocycles. The Labute approximate surface area is 155 Å². The Bertz CT molecular complexity index is 706. The lowest BCUT2D eigenvalue weighted by molar-refractivity contribution is -0.110. The number of rotatable bonds is 3. The van der Waals surface area contributed by atoms with E-state index in [1.54, 1.807) is 19.3 Å². The lowest BCUT2D eigenvalue weighted by atomic mass is 9.72. The molecule has 2 rings (SSSR count). The Morgan fingerprint density at radius 1 is 0.880 bits per heavy atom. The van der Waals surface area contributed by atoms with Crippen LogP contribution >= 0.6 is 11.9 Å². The van der Waals surface area contributed by atoms with Gasteiger partial charge in [0.1, 0.15) is 5.75 Å². The first-order chi connectivity index (χ1) is 11.5. The Kier molecular flexibility index (Phi) is 5.62. The van der Waals surface area contributed by atoms with E-state index in [1.807, 2.05) is 24.3 Å². The summed E-state index contributed by atoms with van der Waals surface area (Å²) in [5.74, 6) is 0.870. The van der Waals surface area contributed by atoms with Gasteiger partial charge in [-0.25, -0.2) is 4.40 Å². The molecule has 0 N–H and O–H groups in total. The molecule has 0 bridgehead atoms. The van der Waals surface area contributed by atoms with Gasteiger partial charge in [-0.15, -0.1) is 0 Å². The summed E-state index contributed by atoms with van der Waals surface area (Å²) in [6.45, 7) is 12.7. The molecule has 134 valence electrons. The monoisotopic (exact) mass is 357 g/mol. The van der Waals surface area contributed by atoms with Crippen molar-refractivity contribution in [3.8, 4) is 5.75 Å². The molecule has 3 nitrogen and oxygen atoms in total. The number of methoxy groups -OCH3 is 1. The first-order valence-corrected chi connectivity index (χ1v) is 9.18. The predicted molar refractivity (Wildman–Crippen MR) is 106 cm³/mol. The van der Waals surface area contributed by atoms with Crippen LogP contribution < -0.4 is 4.74 Å². The molecule has 1 aliphatic carbocycles. The molecule has 0 atom stereocenters. The molecule has 0 unspecified atom stereocenters. The molecule has 1 aromatic carbocycles. The Hall–Kier alpha value is -1.81. The highest BCUT2D eigenvalue weighted by Gasteiger charge is 2.33. The van der Waals surface area contributed by atoms with Crippen molar-refractivity contribution in [3.63, 3.8) is 0 Å². The van der Waals surface area contributed by atoms with E-state index < -0.39 is 0 Å². The molecular formula is C21H27NO2S. The van der Waals surface area contributed by atoms with Crippen molar-refractivity contribution in [1.82, 2.24) is 0 Å². The van der Waals surface area contributed by atoms with Crippen LogP contribution in [-0.4, -0.2) is 18.6 Å². The third-order valence-electron chi connectivity index (χ3n) is 4.00. The zero-order valence-electron chi connectivity index (χ0n) is 16.1. The molecule has 25 heavy (non-hydrogen) atoms. The Morgan fingerprint density at radius 2 is 1.36 bits per heavy atom. The number of carbonyl (C=O) groups is 1. The molecule has 0 saturated carbocycles. The van der Waals surface area contributed by atoms with Crippen LogP contribution in [0.5, 0.6) is 5.75 Å². The van der Waals surface area contributed by atoms with Crippen LogP contribution in [0.15, 0.2) is 56.9 Å². The highest BCUT2D eigenvalue weighted by Crippen LogP contribution is 2.39. The van der Waals surface area contributed by atoms with Crippen LogP contribution in [0, 0.1) is 10.8 Å². The van der Waals surface area contributed by atoms with E-state index in [0.29, 0.717) is 0 Å². The lowest BCUT2D eigenvalue weighted by Gasteiger charge is -2.33. The number of hydrogen-bond donors (Lipinski definition) is 0. The van der Waals surface area contributed by atoms with Gasteiger partial charge in [-0.1, -0.05) is 41.5 Å². The molecule has 0 aliphatic heterocycles. The van der Waals surface area contributed by atoms with Gasteiger partial charge in [0.2, 0.25) is 0 Å². The number of allylic oxidation sites excluding steroid dienone is 4. The fourth-order valence-corrected chi connectivity index (χ4v) is 3.24. The van der Waals surface area contributed by atoms with E-state index in [-0.39, 0.29) is 16.6 Å². The standard InChI is InChI=1S/C21H27NO2S/c1-20(2,3)17-12-14(23)13-18(21(4,5)6)19(17)22-25-16-10-8-15(24-7)9-11-16/h8-13H,1-7H3. The largest absolute Gasteiger partial charge is 0.497 e. The topological polar surface area (TPSA) is 38.7 Å². The molecule has 0 spiro atoms. The third kappa shape index (κ3) is 4.85. The Morgan fingerprint density at radius 3 is 1.76 bits per heavy atom. The third-order valence-corrected chi connectivity index (χ3v) is 4.76. The maximum absolute atomic E-state index is 12.2.